The Kier molecular flexibility index (Phi) is 10.6. The molecular weight excluding hydrogens is 363 g/mol. The summed E-state index contributed by atoms with van der Waals surface area (Å²) in [4.78, 5) is 10.5. The molecule has 0 atom stereocenters. The van der Waals surface area contributed by atoms with Crippen molar-refractivity contribution in [2.24, 2.45) is 4.99 Å². The second-order valence-corrected chi connectivity index (χ2v) is 6.74. The SMILES string of the molecule is CCNC(=NCCCCN(CC)CC)NCCc1nc(C(F)(F)F)cs1. The molecule has 0 spiro atoms. The Bertz CT molecular complexity index is 527. The molecule has 0 fully saturated rings. The predicted molar refractivity (Wildman–Crippen MR) is 102 cm³/mol. The van der Waals surface area contributed by atoms with E-state index in [1.54, 1.807) is 0 Å². The minimum atomic E-state index is -4.37. The molecule has 0 aromatic carbocycles. The molecule has 1 rings (SSSR count). The van der Waals surface area contributed by atoms with Crippen LogP contribution >= 0.6 is 11.3 Å². The molecule has 1 aromatic heterocycles. The Morgan fingerprint density at radius 1 is 1.19 bits per heavy atom. The molecule has 5 nitrogen and oxygen atoms in total. The van der Waals surface area contributed by atoms with Crippen LogP contribution in [-0.4, -0.2) is 55.1 Å². The van der Waals surface area contributed by atoms with E-state index >= 15 is 0 Å². The Hall–Kier alpha value is -1.35. The predicted octanol–water partition coefficient (Wildman–Crippen LogP) is 3.38. The summed E-state index contributed by atoms with van der Waals surface area (Å²) in [6, 6.07) is 0. The van der Waals surface area contributed by atoms with Crippen LogP contribution in [0.4, 0.5) is 13.2 Å². The quantitative estimate of drug-likeness (QED) is 0.344. The maximum absolute atomic E-state index is 12.5. The first kappa shape index (κ1) is 22.7. The number of hydrogen-bond acceptors (Lipinski definition) is 4. The topological polar surface area (TPSA) is 52.6 Å². The van der Waals surface area contributed by atoms with Gasteiger partial charge in [-0.2, -0.15) is 13.2 Å². The standard InChI is InChI=1S/C17H30F3N5S/c1-4-21-16(22-10-7-8-12-25(5-2)6-3)23-11-9-15-24-14(13-26-15)17(18,19)20/h13H,4-12H2,1-3H3,(H2,21,22,23). The van der Waals surface area contributed by atoms with Gasteiger partial charge in [0.2, 0.25) is 0 Å². The molecule has 0 radical (unpaired) electrons. The second kappa shape index (κ2) is 12.1. The Morgan fingerprint density at radius 2 is 1.92 bits per heavy atom. The second-order valence-electron chi connectivity index (χ2n) is 5.80. The van der Waals surface area contributed by atoms with Crippen LogP contribution in [0.3, 0.4) is 0 Å². The lowest BCUT2D eigenvalue weighted by atomic mass is 10.3. The Balaban J connectivity index is 2.34. The third-order valence-electron chi connectivity index (χ3n) is 3.86. The van der Waals surface area contributed by atoms with Gasteiger partial charge in [0.05, 0.1) is 5.01 Å². The van der Waals surface area contributed by atoms with Crippen molar-refractivity contribution in [1.29, 1.82) is 0 Å². The zero-order valence-electron chi connectivity index (χ0n) is 15.8. The molecule has 0 aliphatic carbocycles. The van der Waals surface area contributed by atoms with Crippen molar-refractivity contribution in [2.45, 2.75) is 46.2 Å². The van der Waals surface area contributed by atoms with Gasteiger partial charge in [0.25, 0.3) is 0 Å². The van der Waals surface area contributed by atoms with E-state index < -0.39 is 11.9 Å². The van der Waals surface area contributed by atoms with E-state index in [1.165, 1.54) is 0 Å². The zero-order chi connectivity index (χ0) is 19.4. The average molecular weight is 394 g/mol. The molecule has 2 N–H and O–H groups in total. The van der Waals surface area contributed by atoms with Gasteiger partial charge in [-0.15, -0.1) is 11.3 Å². The number of rotatable bonds is 11. The highest BCUT2D eigenvalue weighted by molar-refractivity contribution is 7.09. The Morgan fingerprint density at radius 3 is 2.50 bits per heavy atom. The molecule has 0 bridgehead atoms. The lowest BCUT2D eigenvalue weighted by Crippen LogP contribution is -2.38. The van der Waals surface area contributed by atoms with Gasteiger partial charge >= 0.3 is 6.18 Å². The zero-order valence-corrected chi connectivity index (χ0v) is 16.6. The molecule has 0 saturated carbocycles. The van der Waals surface area contributed by atoms with Crippen LogP contribution in [0.25, 0.3) is 0 Å². The van der Waals surface area contributed by atoms with E-state index in [4.69, 9.17) is 0 Å². The van der Waals surface area contributed by atoms with E-state index in [2.05, 4.69) is 39.4 Å². The molecule has 0 aliphatic rings. The fourth-order valence-electron chi connectivity index (χ4n) is 2.36. The number of nitrogens with one attached hydrogen (secondary N) is 2. The largest absolute Gasteiger partial charge is 0.434 e. The maximum atomic E-state index is 12.5. The number of unbranched alkanes of at least 4 members (excludes halogenated alkanes) is 1. The highest BCUT2D eigenvalue weighted by Crippen LogP contribution is 2.29. The summed E-state index contributed by atoms with van der Waals surface area (Å²) in [5.74, 6) is 0.697. The van der Waals surface area contributed by atoms with E-state index in [-0.39, 0.29) is 0 Å². The number of thiazole rings is 1. The van der Waals surface area contributed by atoms with Gasteiger partial charge in [-0.05, 0) is 39.4 Å². The minimum Gasteiger partial charge on any atom is -0.357 e. The van der Waals surface area contributed by atoms with Crippen molar-refractivity contribution >= 4 is 17.3 Å². The fourth-order valence-corrected chi connectivity index (χ4v) is 3.17. The Labute approximate surface area is 158 Å². The van der Waals surface area contributed by atoms with E-state index in [0.29, 0.717) is 23.9 Å². The molecule has 0 amide bonds. The highest BCUT2D eigenvalue weighted by atomic mass is 32.1. The number of halogens is 3. The van der Waals surface area contributed by atoms with Crippen molar-refractivity contribution in [3.05, 3.63) is 16.1 Å². The first-order chi connectivity index (χ1) is 12.4. The number of aromatic nitrogens is 1. The average Bonchev–Trinajstić information content (AvgIpc) is 3.07. The van der Waals surface area contributed by atoms with Gasteiger partial charge in [0.15, 0.2) is 11.7 Å². The molecule has 1 aromatic rings. The van der Waals surface area contributed by atoms with Gasteiger partial charge < -0.3 is 15.5 Å². The van der Waals surface area contributed by atoms with E-state index in [0.717, 1.165) is 62.3 Å². The highest BCUT2D eigenvalue weighted by Gasteiger charge is 2.33. The lowest BCUT2D eigenvalue weighted by Gasteiger charge is -2.17. The molecule has 150 valence electrons. The normalized spacial score (nSPS) is 12.7. The summed E-state index contributed by atoms with van der Waals surface area (Å²) < 4.78 is 37.6. The van der Waals surface area contributed by atoms with Gasteiger partial charge in [0.1, 0.15) is 0 Å². The molecule has 0 saturated heterocycles. The first-order valence-electron chi connectivity index (χ1n) is 9.16. The first-order valence-corrected chi connectivity index (χ1v) is 10.0. The molecule has 0 unspecified atom stereocenters. The molecular formula is C17H30F3N5S. The summed E-state index contributed by atoms with van der Waals surface area (Å²) in [5, 5.41) is 7.84. The summed E-state index contributed by atoms with van der Waals surface area (Å²) >= 11 is 1.04. The van der Waals surface area contributed by atoms with Gasteiger partial charge in [0, 0.05) is 31.4 Å². The van der Waals surface area contributed by atoms with Crippen LogP contribution in [0.5, 0.6) is 0 Å². The van der Waals surface area contributed by atoms with Crippen molar-refractivity contribution in [3.8, 4) is 0 Å². The monoisotopic (exact) mass is 393 g/mol. The number of hydrogen-bond donors (Lipinski definition) is 2. The molecule has 1 heterocycles. The van der Waals surface area contributed by atoms with E-state index in [1.807, 2.05) is 6.92 Å². The minimum absolute atomic E-state index is 0.438. The molecule has 9 heteroatoms. The number of aliphatic imine (C=N–C) groups is 1. The number of guanidine groups is 1. The maximum Gasteiger partial charge on any atom is 0.434 e. The van der Waals surface area contributed by atoms with Crippen molar-refractivity contribution in [2.75, 3.05) is 39.3 Å². The third-order valence-corrected chi connectivity index (χ3v) is 4.77. The summed E-state index contributed by atoms with van der Waals surface area (Å²) in [5.41, 5.74) is -0.814. The number of alkyl halides is 3. The van der Waals surface area contributed by atoms with Crippen LogP contribution in [0.1, 0.15) is 44.3 Å². The fraction of sp³-hybridized carbons (Fsp3) is 0.765. The lowest BCUT2D eigenvalue weighted by molar-refractivity contribution is -0.140. The summed E-state index contributed by atoms with van der Waals surface area (Å²) in [6.45, 7) is 11.5. The molecule has 0 aliphatic heterocycles. The smallest absolute Gasteiger partial charge is 0.357 e. The van der Waals surface area contributed by atoms with Crippen LogP contribution < -0.4 is 10.6 Å². The van der Waals surface area contributed by atoms with Crippen molar-refractivity contribution < 1.29 is 13.2 Å². The molecule has 26 heavy (non-hydrogen) atoms. The van der Waals surface area contributed by atoms with Gasteiger partial charge in [-0.3, -0.25) is 4.99 Å². The van der Waals surface area contributed by atoms with Gasteiger partial charge in [-0.1, -0.05) is 13.8 Å². The summed E-state index contributed by atoms with van der Waals surface area (Å²) in [7, 11) is 0. The summed E-state index contributed by atoms with van der Waals surface area (Å²) in [6.07, 6.45) is -1.82. The van der Waals surface area contributed by atoms with Gasteiger partial charge in [-0.25, -0.2) is 4.98 Å². The number of nitrogens with zero attached hydrogens (tertiary/aromatic N) is 3. The van der Waals surface area contributed by atoms with Crippen LogP contribution in [0.15, 0.2) is 10.4 Å². The van der Waals surface area contributed by atoms with Crippen LogP contribution in [0, 0.1) is 0 Å². The van der Waals surface area contributed by atoms with Crippen molar-refractivity contribution in [1.82, 2.24) is 20.5 Å². The van der Waals surface area contributed by atoms with Crippen molar-refractivity contribution in [3.63, 3.8) is 0 Å². The van der Waals surface area contributed by atoms with E-state index in [9.17, 15) is 13.2 Å². The van der Waals surface area contributed by atoms with Crippen LogP contribution in [0.2, 0.25) is 0 Å². The van der Waals surface area contributed by atoms with Crippen LogP contribution in [-0.2, 0) is 12.6 Å². The third kappa shape index (κ3) is 8.84.